The lowest BCUT2D eigenvalue weighted by Gasteiger charge is -2.19. The Balaban J connectivity index is 3.62. The van der Waals surface area contributed by atoms with Gasteiger partial charge in [-0.2, -0.15) is 0 Å². The number of carbonyl (C=O) groups is 2. The van der Waals surface area contributed by atoms with Crippen LogP contribution in [0.3, 0.4) is 0 Å². The van der Waals surface area contributed by atoms with Gasteiger partial charge in [0, 0.05) is 6.54 Å². The Morgan fingerprint density at radius 2 is 1.79 bits per heavy atom. The second-order valence-electron chi connectivity index (χ2n) is 5.27. The number of hydrogen-bond donors (Lipinski definition) is 3. The molecule has 19 heavy (non-hydrogen) atoms. The van der Waals surface area contributed by atoms with E-state index in [9.17, 15) is 14.7 Å². The first-order chi connectivity index (χ1) is 8.54. The third-order valence-corrected chi connectivity index (χ3v) is 3.25. The van der Waals surface area contributed by atoms with Crippen LogP contribution in [0, 0.1) is 0 Å². The van der Waals surface area contributed by atoms with Crippen molar-refractivity contribution in [3.8, 4) is 0 Å². The summed E-state index contributed by atoms with van der Waals surface area (Å²) in [5.41, 5.74) is -0.514. The first kappa shape index (κ1) is 18.0. The summed E-state index contributed by atoms with van der Waals surface area (Å²) in [4.78, 5) is 20.2. The number of carboxylic acid groups (broad SMARTS) is 1. The maximum Gasteiger partial charge on any atom is 0.407 e. The first-order valence-electron chi connectivity index (χ1n) is 6.11. The molecule has 0 radical (unpaired) electrons. The fourth-order valence-corrected chi connectivity index (χ4v) is 1.93. The highest BCUT2D eigenvalue weighted by Crippen LogP contribution is 2.22. The van der Waals surface area contributed by atoms with Crippen molar-refractivity contribution in [1.29, 1.82) is 0 Å². The molecule has 0 spiro atoms. The standard InChI is InChI=1S/C12H23NO5S/c1-11(2,3)18-10(16)13-7-5-6-8-19-12(4,17)9(14)15/h17H,5-8H2,1-4H3,(H,13,16)(H,14,15). The highest BCUT2D eigenvalue weighted by atomic mass is 32.2. The summed E-state index contributed by atoms with van der Waals surface area (Å²) in [5, 5.41) is 20.7. The Morgan fingerprint density at radius 3 is 2.26 bits per heavy atom. The number of carbonyl (C=O) groups excluding carboxylic acids is 1. The van der Waals surface area contributed by atoms with Gasteiger partial charge in [-0.15, -0.1) is 11.8 Å². The largest absolute Gasteiger partial charge is 0.478 e. The molecule has 0 fully saturated rings. The Morgan fingerprint density at radius 1 is 1.21 bits per heavy atom. The number of hydrogen-bond acceptors (Lipinski definition) is 5. The summed E-state index contributed by atoms with van der Waals surface area (Å²) in [7, 11) is 0. The summed E-state index contributed by atoms with van der Waals surface area (Å²) in [6, 6.07) is 0. The van der Waals surface area contributed by atoms with E-state index in [0.29, 0.717) is 25.1 Å². The molecule has 1 unspecified atom stereocenters. The van der Waals surface area contributed by atoms with Crippen molar-refractivity contribution in [3.63, 3.8) is 0 Å². The molecule has 7 heteroatoms. The molecule has 112 valence electrons. The highest BCUT2D eigenvalue weighted by molar-refractivity contribution is 8.01. The number of unbranched alkanes of at least 4 members (excludes halogenated alkanes) is 1. The second kappa shape index (κ2) is 7.59. The van der Waals surface area contributed by atoms with Crippen LogP contribution >= 0.6 is 11.8 Å². The quantitative estimate of drug-likeness (QED) is 0.489. The number of aliphatic carboxylic acids is 1. The molecule has 0 aliphatic rings. The summed E-state index contributed by atoms with van der Waals surface area (Å²) < 4.78 is 5.06. The van der Waals surface area contributed by atoms with Crippen LogP contribution in [0.2, 0.25) is 0 Å². The summed E-state index contributed by atoms with van der Waals surface area (Å²) in [6.07, 6.45) is 0.934. The number of nitrogens with one attached hydrogen (secondary N) is 1. The van der Waals surface area contributed by atoms with Crippen LogP contribution in [0.25, 0.3) is 0 Å². The van der Waals surface area contributed by atoms with Crippen molar-refractivity contribution in [2.45, 2.75) is 51.1 Å². The van der Waals surface area contributed by atoms with E-state index in [0.717, 1.165) is 11.8 Å². The van der Waals surface area contributed by atoms with Gasteiger partial charge in [-0.05, 0) is 46.3 Å². The number of carboxylic acids is 1. The van der Waals surface area contributed by atoms with E-state index in [1.807, 2.05) is 0 Å². The molecule has 0 aliphatic carbocycles. The highest BCUT2D eigenvalue weighted by Gasteiger charge is 2.29. The van der Waals surface area contributed by atoms with E-state index < -0.39 is 22.6 Å². The van der Waals surface area contributed by atoms with Gasteiger partial charge in [0.25, 0.3) is 0 Å². The van der Waals surface area contributed by atoms with E-state index in [-0.39, 0.29) is 0 Å². The molecule has 0 saturated carbocycles. The molecule has 0 aromatic rings. The number of rotatable bonds is 7. The monoisotopic (exact) mass is 293 g/mol. The SMILES string of the molecule is CC(C)(C)OC(=O)NCCCCSC(C)(O)C(=O)O. The maximum absolute atomic E-state index is 11.3. The van der Waals surface area contributed by atoms with Gasteiger partial charge in [0.1, 0.15) is 5.60 Å². The average molecular weight is 293 g/mol. The van der Waals surface area contributed by atoms with Gasteiger partial charge >= 0.3 is 12.1 Å². The average Bonchev–Trinajstić information content (AvgIpc) is 2.20. The molecule has 1 amide bonds. The minimum atomic E-state index is -1.75. The van der Waals surface area contributed by atoms with E-state index in [1.165, 1.54) is 6.92 Å². The third kappa shape index (κ3) is 9.61. The van der Waals surface area contributed by atoms with Crippen LogP contribution in [0.1, 0.15) is 40.5 Å². The van der Waals surface area contributed by atoms with Gasteiger partial charge in [0.2, 0.25) is 4.93 Å². The molecule has 3 N–H and O–H groups in total. The van der Waals surface area contributed by atoms with E-state index in [2.05, 4.69) is 5.32 Å². The predicted molar refractivity (Wildman–Crippen MR) is 74.2 cm³/mol. The molecule has 1 atom stereocenters. The zero-order valence-electron chi connectivity index (χ0n) is 11.9. The lowest BCUT2D eigenvalue weighted by atomic mass is 10.2. The fourth-order valence-electron chi connectivity index (χ4n) is 1.06. The molecular formula is C12H23NO5S. The zero-order chi connectivity index (χ0) is 15.1. The fraction of sp³-hybridized carbons (Fsp3) is 0.833. The van der Waals surface area contributed by atoms with Crippen LogP contribution < -0.4 is 5.32 Å². The van der Waals surface area contributed by atoms with Gasteiger partial charge in [-0.25, -0.2) is 9.59 Å². The van der Waals surface area contributed by atoms with Crippen LogP contribution in [0.15, 0.2) is 0 Å². The number of ether oxygens (including phenoxy) is 1. The molecule has 6 nitrogen and oxygen atoms in total. The minimum Gasteiger partial charge on any atom is -0.478 e. The number of aliphatic hydroxyl groups is 1. The van der Waals surface area contributed by atoms with Crippen molar-refractivity contribution in [3.05, 3.63) is 0 Å². The van der Waals surface area contributed by atoms with Crippen LogP contribution in [-0.2, 0) is 9.53 Å². The van der Waals surface area contributed by atoms with E-state index in [4.69, 9.17) is 9.84 Å². The zero-order valence-corrected chi connectivity index (χ0v) is 12.7. The second-order valence-corrected chi connectivity index (χ2v) is 6.76. The molecule has 0 rings (SSSR count). The molecule has 0 aromatic heterocycles. The molecule has 0 bridgehead atoms. The minimum absolute atomic E-state index is 0.460. The molecule has 0 aromatic carbocycles. The predicted octanol–water partition coefficient (Wildman–Crippen LogP) is 1.82. The van der Waals surface area contributed by atoms with Crippen LogP contribution in [-0.4, -0.2) is 45.1 Å². The van der Waals surface area contributed by atoms with Gasteiger partial charge < -0.3 is 20.3 Å². The van der Waals surface area contributed by atoms with Crippen molar-refractivity contribution >= 4 is 23.8 Å². The van der Waals surface area contributed by atoms with Gasteiger partial charge in [0.15, 0.2) is 0 Å². The summed E-state index contributed by atoms with van der Waals surface area (Å²) in [6.45, 7) is 7.08. The number of thioether (sulfide) groups is 1. The smallest absolute Gasteiger partial charge is 0.407 e. The molecule has 0 aliphatic heterocycles. The molecule has 0 heterocycles. The van der Waals surface area contributed by atoms with Crippen molar-refractivity contribution in [2.75, 3.05) is 12.3 Å². The van der Waals surface area contributed by atoms with E-state index >= 15 is 0 Å². The maximum atomic E-state index is 11.3. The summed E-state index contributed by atoms with van der Waals surface area (Å²) in [5.74, 6) is -0.737. The van der Waals surface area contributed by atoms with Crippen molar-refractivity contribution in [2.24, 2.45) is 0 Å². The Kier molecular flexibility index (Phi) is 7.21. The number of amides is 1. The molecular weight excluding hydrogens is 270 g/mol. The number of alkyl carbamates (subject to hydrolysis) is 1. The lowest BCUT2D eigenvalue weighted by Crippen LogP contribution is -2.33. The van der Waals surface area contributed by atoms with Crippen LogP contribution in [0.5, 0.6) is 0 Å². The van der Waals surface area contributed by atoms with Crippen molar-refractivity contribution < 1.29 is 24.5 Å². The van der Waals surface area contributed by atoms with Gasteiger partial charge in [0.05, 0.1) is 0 Å². The summed E-state index contributed by atoms with van der Waals surface area (Å²) >= 11 is 0.968. The Bertz CT molecular complexity index is 312. The lowest BCUT2D eigenvalue weighted by molar-refractivity contribution is -0.148. The normalized spacial score (nSPS) is 14.6. The topological polar surface area (TPSA) is 95.9 Å². The first-order valence-corrected chi connectivity index (χ1v) is 7.10. The molecule has 0 saturated heterocycles. The van der Waals surface area contributed by atoms with E-state index in [1.54, 1.807) is 20.8 Å². The Hall–Kier alpha value is -0.950. The van der Waals surface area contributed by atoms with Gasteiger partial charge in [-0.1, -0.05) is 0 Å². The van der Waals surface area contributed by atoms with Crippen LogP contribution in [0.4, 0.5) is 4.79 Å². The Labute approximate surface area is 117 Å². The van der Waals surface area contributed by atoms with Crippen molar-refractivity contribution in [1.82, 2.24) is 5.32 Å². The third-order valence-electron chi connectivity index (χ3n) is 2.02. The van der Waals surface area contributed by atoms with Gasteiger partial charge in [-0.3, -0.25) is 0 Å².